The van der Waals surface area contributed by atoms with Gasteiger partial charge in [-0.25, -0.2) is 14.4 Å². The molecule has 1 aliphatic heterocycles. The van der Waals surface area contributed by atoms with E-state index in [1.54, 1.807) is 17.0 Å². The van der Waals surface area contributed by atoms with E-state index in [0.29, 0.717) is 13.0 Å². The summed E-state index contributed by atoms with van der Waals surface area (Å²) in [5, 5.41) is 2.94. The second kappa shape index (κ2) is 8.03. The molecule has 0 spiro atoms. The number of piperidine rings is 1. The molecule has 0 saturated carbocycles. The third-order valence-corrected chi connectivity index (χ3v) is 4.52. The van der Waals surface area contributed by atoms with Crippen LogP contribution >= 0.6 is 0 Å². The van der Waals surface area contributed by atoms with E-state index in [1.807, 2.05) is 6.07 Å². The number of amides is 2. The summed E-state index contributed by atoms with van der Waals surface area (Å²) < 4.78 is 13.6. The predicted molar refractivity (Wildman–Crippen MR) is 93.8 cm³/mol. The number of nitrogens with zero attached hydrogens (tertiary/aromatic N) is 3. The number of halogens is 1. The van der Waals surface area contributed by atoms with Crippen LogP contribution in [0.1, 0.15) is 35.9 Å². The van der Waals surface area contributed by atoms with Crippen molar-refractivity contribution in [1.29, 1.82) is 0 Å². The largest absolute Gasteiger partial charge is 0.352 e. The second-order valence-corrected chi connectivity index (χ2v) is 6.42. The van der Waals surface area contributed by atoms with Gasteiger partial charge >= 0.3 is 0 Å². The van der Waals surface area contributed by atoms with Gasteiger partial charge in [0.2, 0.25) is 11.7 Å². The van der Waals surface area contributed by atoms with Gasteiger partial charge in [0, 0.05) is 31.9 Å². The van der Waals surface area contributed by atoms with Crippen LogP contribution in [0.15, 0.2) is 42.7 Å². The molecule has 2 atom stereocenters. The van der Waals surface area contributed by atoms with Crippen LogP contribution in [-0.2, 0) is 11.2 Å². The molecule has 0 bridgehead atoms. The summed E-state index contributed by atoms with van der Waals surface area (Å²) in [6.07, 6.45) is 5.03. The zero-order valence-corrected chi connectivity index (χ0v) is 14.6. The van der Waals surface area contributed by atoms with E-state index in [1.165, 1.54) is 31.5 Å². The average Bonchev–Trinajstić information content (AvgIpc) is 2.63. The molecule has 2 heterocycles. The van der Waals surface area contributed by atoms with Crippen molar-refractivity contribution in [3.8, 4) is 0 Å². The van der Waals surface area contributed by atoms with Gasteiger partial charge in [-0.3, -0.25) is 9.59 Å². The zero-order chi connectivity index (χ0) is 18.5. The fraction of sp³-hybridized carbons (Fsp3) is 0.368. The van der Waals surface area contributed by atoms with Crippen LogP contribution in [0.2, 0.25) is 0 Å². The smallest absolute Gasteiger partial charge is 0.291 e. The summed E-state index contributed by atoms with van der Waals surface area (Å²) in [7, 11) is 0. The van der Waals surface area contributed by atoms with Crippen molar-refractivity contribution in [1.82, 2.24) is 20.2 Å². The molecule has 3 rings (SSSR count). The molecule has 1 aromatic heterocycles. The van der Waals surface area contributed by atoms with Crippen molar-refractivity contribution in [3.05, 3.63) is 59.9 Å². The third-order valence-electron chi connectivity index (χ3n) is 4.52. The first-order valence-electron chi connectivity index (χ1n) is 8.64. The molecular formula is C19H21FN4O2. The number of carbonyl (C=O) groups excluding carboxylic acids is 2. The predicted octanol–water partition coefficient (Wildman–Crippen LogP) is 1.97. The lowest BCUT2D eigenvalue weighted by Gasteiger charge is -2.41. The number of nitrogens with one attached hydrogen (secondary N) is 1. The molecule has 6 nitrogen and oxygen atoms in total. The minimum Gasteiger partial charge on any atom is -0.352 e. The van der Waals surface area contributed by atoms with Gasteiger partial charge in [0.15, 0.2) is 0 Å². The molecule has 0 radical (unpaired) electrons. The fourth-order valence-corrected chi connectivity index (χ4v) is 3.43. The number of hydrogen-bond acceptors (Lipinski definition) is 4. The number of benzene rings is 1. The van der Waals surface area contributed by atoms with Crippen LogP contribution in [0.4, 0.5) is 4.39 Å². The Kier molecular flexibility index (Phi) is 5.55. The lowest BCUT2D eigenvalue weighted by molar-refractivity contribution is -0.120. The maximum Gasteiger partial charge on any atom is 0.291 e. The van der Waals surface area contributed by atoms with Crippen LogP contribution in [0.3, 0.4) is 0 Å². The summed E-state index contributed by atoms with van der Waals surface area (Å²) in [5.74, 6) is -0.620. The SMILES string of the molecule is CC(=O)N[C@H]1CCCN(C(=O)c2ncccn2)[C@H]1Cc1cccc(F)c1. The topological polar surface area (TPSA) is 75.2 Å². The molecule has 2 aromatic rings. The number of aromatic nitrogens is 2. The van der Waals surface area contributed by atoms with E-state index in [9.17, 15) is 14.0 Å². The van der Waals surface area contributed by atoms with Gasteiger partial charge in [0.05, 0.1) is 6.04 Å². The van der Waals surface area contributed by atoms with Crippen molar-refractivity contribution in [3.63, 3.8) is 0 Å². The minimum absolute atomic E-state index is 0.125. The van der Waals surface area contributed by atoms with Gasteiger partial charge < -0.3 is 10.2 Å². The van der Waals surface area contributed by atoms with Crippen LogP contribution in [0.5, 0.6) is 0 Å². The van der Waals surface area contributed by atoms with E-state index in [-0.39, 0.29) is 35.5 Å². The van der Waals surface area contributed by atoms with Crippen LogP contribution in [0, 0.1) is 5.82 Å². The monoisotopic (exact) mass is 356 g/mol. The molecular weight excluding hydrogens is 335 g/mol. The number of hydrogen-bond donors (Lipinski definition) is 1. The molecule has 1 aromatic carbocycles. The van der Waals surface area contributed by atoms with E-state index in [4.69, 9.17) is 0 Å². The molecule has 0 aliphatic carbocycles. The standard InChI is InChI=1S/C19H21FN4O2/c1-13(25)23-16-7-3-10-24(19(26)18-21-8-4-9-22-18)17(16)12-14-5-2-6-15(20)11-14/h2,4-6,8-9,11,16-17H,3,7,10,12H2,1H3,(H,23,25)/t16-,17-/m0/s1. The molecule has 2 amide bonds. The first-order chi connectivity index (χ1) is 12.5. The van der Waals surface area contributed by atoms with Crippen molar-refractivity contribution in [2.24, 2.45) is 0 Å². The Morgan fingerprint density at radius 2 is 2.04 bits per heavy atom. The number of rotatable bonds is 4. The molecule has 0 unspecified atom stereocenters. The number of likely N-dealkylation sites (tertiary alicyclic amines) is 1. The second-order valence-electron chi connectivity index (χ2n) is 6.42. The highest BCUT2D eigenvalue weighted by molar-refractivity contribution is 5.90. The van der Waals surface area contributed by atoms with Crippen molar-refractivity contribution in [2.75, 3.05) is 6.54 Å². The summed E-state index contributed by atoms with van der Waals surface area (Å²) in [5.41, 5.74) is 0.777. The highest BCUT2D eigenvalue weighted by Gasteiger charge is 2.36. The lowest BCUT2D eigenvalue weighted by atomic mass is 9.90. The molecule has 1 saturated heterocycles. The van der Waals surface area contributed by atoms with E-state index in [0.717, 1.165) is 18.4 Å². The van der Waals surface area contributed by atoms with E-state index >= 15 is 0 Å². The summed E-state index contributed by atoms with van der Waals surface area (Å²) >= 11 is 0. The van der Waals surface area contributed by atoms with E-state index in [2.05, 4.69) is 15.3 Å². The summed E-state index contributed by atoms with van der Waals surface area (Å²) in [6.45, 7) is 2.01. The van der Waals surface area contributed by atoms with Crippen LogP contribution in [0.25, 0.3) is 0 Å². The Labute approximate surface area is 151 Å². The Hall–Kier alpha value is -2.83. The highest BCUT2D eigenvalue weighted by Crippen LogP contribution is 2.23. The first-order valence-corrected chi connectivity index (χ1v) is 8.64. The Bertz CT molecular complexity index is 784. The van der Waals surface area contributed by atoms with Gasteiger partial charge in [-0.1, -0.05) is 12.1 Å². The fourth-order valence-electron chi connectivity index (χ4n) is 3.43. The van der Waals surface area contributed by atoms with Gasteiger partial charge in [-0.15, -0.1) is 0 Å². The van der Waals surface area contributed by atoms with Crippen molar-refractivity contribution in [2.45, 2.75) is 38.3 Å². The minimum atomic E-state index is -0.321. The van der Waals surface area contributed by atoms with Gasteiger partial charge in [-0.2, -0.15) is 0 Å². The Morgan fingerprint density at radius 3 is 2.73 bits per heavy atom. The maximum absolute atomic E-state index is 13.6. The zero-order valence-electron chi connectivity index (χ0n) is 14.6. The first kappa shape index (κ1) is 18.0. The lowest BCUT2D eigenvalue weighted by Crippen LogP contribution is -2.57. The van der Waals surface area contributed by atoms with Crippen LogP contribution < -0.4 is 5.32 Å². The third kappa shape index (κ3) is 4.22. The van der Waals surface area contributed by atoms with Crippen molar-refractivity contribution < 1.29 is 14.0 Å². The highest BCUT2D eigenvalue weighted by atomic mass is 19.1. The van der Waals surface area contributed by atoms with E-state index < -0.39 is 0 Å². The molecule has 136 valence electrons. The normalized spacial score (nSPS) is 19.8. The number of carbonyl (C=O) groups is 2. The van der Waals surface area contributed by atoms with Crippen molar-refractivity contribution >= 4 is 11.8 Å². The quantitative estimate of drug-likeness (QED) is 0.909. The van der Waals surface area contributed by atoms with Gasteiger partial charge in [0.25, 0.3) is 5.91 Å². The summed E-state index contributed by atoms with van der Waals surface area (Å²) in [4.78, 5) is 34.3. The Morgan fingerprint density at radius 1 is 1.27 bits per heavy atom. The van der Waals surface area contributed by atoms with Crippen LogP contribution in [-0.4, -0.2) is 45.3 Å². The molecule has 1 N–H and O–H groups in total. The molecule has 7 heteroatoms. The molecule has 1 fully saturated rings. The van der Waals surface area contributed by atoms with Gasteiger partial charge in [-0.05, 0) is 43.0 Å². The maximum atomic E-state index is 13.6. The molecule has 26 heavy (non-hydrogen) atoms. The Balaban J connectivity index is 1.89. The average molecular weight is 356 g/mol. The molecule has 1 aliphatic rings. The van der Waals surface area contributed by atoms with Gasteiger partial charge in [0.1, 0.15) is 5.82 Å². The summed E-state index contributed by atoms with van der Waals surface area (Å²) in [6, 6.07) is 7.48.